The van der Waals surface area contributed by atoms with E-state index in [1.807, 2.05) is 0 Å². The normalized spacial score (nSPS) is 20.9. The fourth-order valence-corrected chi connectivity index (χ4v) is 3.61. The average Bonchev–Trinajstić information content (AvgIpc) is 2.64. The highest BCUT2D eigenvalue weighted by molar-refractivity contribution is 7.85. The molecule has 0 saturated carbocycles. The molecular formula is C15H17F4NO3S. The Labute approximate surface area is 137 Å². The van der Waals surface area contributed by atoms with Gasteiger partial charge in [0, 0.05) is 16.7 Å². The number of hydrogen-bond acceptors (Lipinski definition) is 3. The first kappa shape index (κ1) is 18.9. The molecule has 9 heteroatoms. The van der Waals surface area contributed by atoms with Gasteiger partial charge in [-0.1, -0.05) is 13.3 Å². The fourth-order valence-electron chi connectivity index (χ4n) is 3.04. The van der Waals surface area contributed by atoms with E-state index in [4.69, 9.17) is 4.55 Å². The van der Waals surface area contributed by atoms with Crippen molar-refractivity contribution in [2.75, 3.05) is 5.75 Å². The van der Waals surface area contributed by atoms with Crippen molar-refractivity contribution in [3.05, 3.63) is 29.1 Å². The third-order valence-corrected chi connectivity index (χ3v) is 5.16. The lowest BCUT2D eigenvalue weighted by Gasteiger charge is -2.29. The number of hydrogen-bond donors (Lipinski definition) is 1. The van der Waals surface area contributed by atoms with Crippen LogP contribution in [0, 0.1) is 5.82 Å². The first-order valence-electron chi connectivity index (χ1n) is 7.27. The Morgan fingerprint density at radius 2 is 1.88 bits per heavy atom. The highest BCUT2D eigenvalue weighted by atomic mass is 32.2. The Bertz CT molecular complexity index is 787. The van der Waals surface area contributed by atoms with Crippen LogP contribution in [0.3, 0.4) is 0 Å². The van der Waals surface area contributed by atoms with Crippen molar-refractivity contribution in [3.8, 4) is 0 Å². The minimum Gasteiger partial charge on any atom is -0.286 e. The van der Waals surface area contributed by atoms with E-state index in [-0.39, 0.29) is 30.5 Å². The monoisotopic (exact) mass is 367 g/mol. The molecule has 1 unspecified atom stereocenters. The number of halogens is 4. The van der Waals surface area contributed by atoms with Crippen molar-refractivity contribution in [1.29, 1.82) is 0 Å². The van der Waals surface area contributed by atoms with Crippen LogP contribution in [0.5, 0.6) is 0 Å². The van der Waals surface area contributed by atoms with E-state index in [1.54, 1.807) is 13.8 Å². The minimum atomic E-state index is -4.72. The third-order valence-electron chi connectivity index (χ3n) is 4.36. The summed E-state index contributed by atoms with van der Waals surface area (Å²) in [6, 6.07) is 1.43. The molecule has 24 heavy (non-hydrogen) atoms. The maximum absolute atomic E-state index is 13.5. The van der Waals surface area contributed by atoms with Gasteiger partial charge < -0.3 is 0 Å². The first-order valence-corrected chi connectivity index (χ1v) is 8.88. The van der Waals surface area contributed by atoms with Gasteiger partial charge in [0.2, 0.25) is 0 Å². The van der Waals surface area contributed by atoms with Crippen LogP contribution in [-0.2, 0) is 21.7 Å². The summed E-state index contributed by atoms with van der Waals surface area (Å²) in [4.78, 5) is 4.08. The molecule has 1 aliphatic rings. The Morgan fingerprint density at radius 1 is 1.25 bits per heavy atom. The van der Waals surface area contributed by atoms with Gasteiger partial charge in [-0.25, -0.2) is 4.39 Å². The predicted octanol–water partition coefficient (Wildman–Crippen LogP) is 4.27. The van der Waals surface area contributed by atoms with Crippen LogP contribution in [0.4, 0.5) is 23.2 Å². The number of benzene rings is 1. The Kier molecular flexibility index (Phi) is 4.80. The summed E-state index contributed by atoms with van der Waals surface area (Å²) in [5, 5.41) is 0. The van der Waals surface area contributed by atoms with Gasteiger partial charge in [-0.05, 0) is 31.9 Å². The quantitative estimate of drug-likeness (QED) is 0.480. The minimum absolute atomic E-state index is 0.0443. The number of rotatable bonds is 5. The van der Waals surface area contributed by atoms with E-state index in [1.165, 1.54) is 0 Å². The van der Waals surface area contributed by atoms with E-state index < -0.39 is 38.8 Å². The van der Waals surface area contributed by atoms with Crippen molar-refractivity contribution in [2.45, 2.75) is 44.7 Å². The van der Waals surface area contributed by atoms with Crippen LogP contribution in [0.2, 0.25) is 0 Å². The molecule has 0 aliphatic carbocycles. The molecule has 0 bridgehead atoms. The van der Waals surface area contributed by atoms with Crippen LogP contribution >= 0.6 is 0 Å². The molecule has 134 valence electrons. The maximum Gasteiger partial charge on any atom is 0.416 e. The van der Waals surface area contributed by atoms with Crippen LogP contribution in [0.1, 0.15) is 44.2 Å². The Morgan fingerprint density at radius 3 is 2.42 bits per heavy atom. The molecule has 0 radical (unpaired) electrons. The second-order valence-electron chi connectivity index (χ2n) is 6.12. The van der Waals surface area contributed by atoms with Gasteiger partial charge in [0.05, 0.1) is 17.0 Å². The number of unbranched alkanes of at least 4 members (excludes halogenated alkanes) is 1. The molecule has 1 aliphatic heterocycles. The van der Waals surface area contributed by atoms with E-state index in [0.717, 1.165) is 6.07 Å². The summed E-state index contributed by atoms with van der Waals surface area (Å²) in [6.07, 6.45) is -4.13. The molecule has 1 aromatic rings. The van der Waals surface area contributed by atoms with Gasteiger partial charge in [0.25, 0.3) is 10.1 Å². The number of fused-ring (bicyclic) bond motifs is 1. The van der Waals surface area contributed by atoms with Gasteiger partial charge in [0.15, 0.2) is 0 Å². The van der Waals surface area contributed by atoms with Gasteiger partial charge in [0.1, 0.15) is 5.82 Å². The zero-order chi connectivity index (χ0) is 18.3. The molecule has 1 heterocycles. The van der Waals surface area contributed by atoms with Crippen molar-refractivity contribution >= 4 is 21.5 Å². The highest BCUT2D eigenvalue weighted by Crippen LogP contribution is 2.49. The summed E-state index contributed by atoms with van der Waals surface area (Å²) in [5.41, 5.74) is -1.83. The van der Waals surface area contributed by atoms with E-state index in [2.05, 4.69) is 4.99 Å². The van der Waals surface area contributed by atoms with E-state index >= 15 is 0 Å². The maximum atomic E-state index is 13.5. The van der Waals surface area contributed by atoms with Gasteiger partial charge in [-0.2, -0.15) is 21.6 Å². The molecular weight excluding hydrogens is 350 g/mol. The lowest BCUT2D eigenvalue weighted by molar-refractivity contribution is -0.138. The lowest BCUT2D eigenvalue weighted by Crippen LogP contribution is -2.30. The summed E-state index contributed by atoms with van der Waals surface area (Å²) < 4.78 is 83.6. The zero-order valence-electron chi connectivity index (χ0n) is 13.1. The first-order chi connectivity index (χ1) is 10.8. The second kappa shape index (κ2) is 6.11. The van der Waals surface area contributed by atoms with Gasteiger partial charge >= 0.3 is 6.18 Å². The molecule has 1 atom stereocenters. The topological polar surface area (TPSA) is 66.7 Å². The molecule has 0 amide bonds. The smallest absolute Gasteiger partial charge is 0.286 e. The molecule has 0 aromatic heterocycles. The summed E-state index contributed by atoms with van der Waals surface area (Å²) in [5.74, 6) is -1.46. The van der Waals surface area contributed by atoms with Crippen molar-refractivity contribution in [1.82, 2.24) is 0 Å². The SMILES string of the molecule is CC1=Nc2cc(F)cc(C(F)(F)F)c2C1(C)CCCCS(=O)(=O)O. The molecule has 1 N–H and O–H groups in total. The van der Waals surface area contributed by atoms with Crippen LogP contribution < -0.4 is 0 Å². The van der Waals surface area contributed by atoms with Gasteiger partial charge in [-0.15, -0.1) is 0 Å². The highest BCUT2D eigenvalue weighted by Gasteiger charge is 2.45. The number of aliphatic imine (C=N–C) groups is 1. The van der Waals surface area contributed by atoms with Crippen molar-refractivity contribution in [2.24, 2.45) is 4.99 Å². The Hall–Kier alpha value is -1.48. The third kappa shape index (κ3) is 3.77. The van der Waals surface area contributed by atoms with Crippen LogP contribution in [0.25, 0.3) is 0 Å². The average molecular weight is 367 g/mol. The summed E-state index contributed by atoms with van der Waals surface area (Å²) in [6.45, 7) is 3.15. The number of alkyl halides is 3. The summed E-state index contributed by atoms with van der Waals surface area (Å²) in [7, 11) is -4.11. The molecule has 1 aromatic carbocycles. The molecule has 2 rings (SSSR count). The van der Waals surface area contributed by atoms with Crippen LogP contribution in [0.15, 0.2) is 17.1 Å². The van der Waals surface area contributed by atoms with Crippen molar-refractivity contribution < 1.29 is 30.5 Å². The zero-order valence-corrected chi connectivity index (χ0v) is 13.9. The molecule has 4 nitrogen and oxygen atoms in total. The van der Waals surface area contributed by atoms with Crippen LogP contribution in [-0.4, -0.2) is 24.4 Å². The van der Waals surface area contributed by atoms with Crippen molar-refractivity contribution in [3.63, 3.8) is 0 Å². The van der Waals surface area contributed by atoms with Gasteiger partial charge in [-0.3, -0.25) is 9.55 Å². The second-order valence-corrected chi connectivity index (χ2v) is 7.69. The number of nitrogens with zero attached hydrogens (tertiary/aromatic N) is 1. The lowest BCUT2D eigenvalue weighted by atomic mass is 9.74. The predicted molar refractivity (Wildman–Crippen MR) is 81.8 cm³/mol. The largest absolute Gasteiger partial charge is 0.416 e. The molecule has 0 spiro atoms. The van der Waals surface area contributed by atoms with E-state index in [9.17, 15) is 26.0 Å². The Balaban J connectivity index is 2.36. The van der Waals surface area contributed by atoms with E-state index in [0.29, 0.717) is 11.8 Å². The standard InChI is InChI=1S/C15H17F4NO3S/c1-9-14(2,5-3-4-6-24(21,22)23)13-11(15(17,18)19)7-10(16)8-12(13)20-9/h7-8H,3-6H2,1-2H3,(H,21,22,23). The molecule has 0 fully saturated rings. The molecule has 0 saturated heterocycles. The fraction of sp³-hybridized carbons (Fsp3) is 0.533. The summed E-state index contributed by atoms with van der Waals surface area (Å²) >= 11 is 0.